The van der Waals surface area contributed by atoms with Gasteiger partial charge in [-0.2, -0.15) is 15.0 Å². The van der Waals surface area contributed by atoms with Crippen LogP contribution in [-0.4, -0.2) is 41.3 Å². The van der Waals surface area contributed by atoms with Crippen molar-refractivity contribution in [2.75, 3.05) is 36.6 Å². The summed E-state index contributed by atoms with van der Waals surface area (Å²) < 4.78 is 11.0. The van der Waals surface area contributed by atoms with Crippen LogP contribution in [0.3, 0.4) is 0 Å². The van der Waals surface area contributed by atoms with E-state index in [0.717, 1.165) is 13.1 Å². The minimum absolute atomic E-state index is 0.200. The van der Waals surface area contributed by atoms with Gasteiger partial charge in [-0.3, -0.25) is 5.43 Å². The van der Waals surface area contributed by atoms with E-state index >= 15 is 0 Å². The number of hydrazine groups is 1. The van der Waals surface area contributed by atoms with E-state index in [1.165, 1.54) is 0 Å². The van der Waals surface area contributed by atoms with Gasteiger partial charge in [-0.15, -0.1) is 0 Å². The quantitative estimate of drug-likeness (QED) is 0.629. The highest BCUT2D eigenvalue weighted by atomic mass is 16.5. The Labute approximate surface area is 121 Å². The van der Waals surface area contributed by atoms with Gasteiger partial charge in [0.1, 0.15) is 5.75 Å². The van der Waals surface area contributed by atoms with Crippen molar-refractivity contribution in [1.29, 1.82) is 0 Å². The van der Waals surface area contributed by atoms with Crippen molar-refractivity contribution in [3.63, 3.8) is 0 Å². The Bertz CT molecular complexity index is 588. The van der Waals surface area contributed by atoms with Crippen molar-refractivity contribution in [3.05, 3.63) is 30.3 Å². The molecule has 0 aliphatic carbocycles. The summed E-state index contributed by atoms with van der Waals surface area (Å²) in [5.74, 6) is 6.84. The fraction of sp³-hybridized carbons (Fsp3) is 0.308. The number of nitrogens with zero attached hydrogens (tertiary/aromatic N) is 4. The van der Waals surface area contributed by atoms with Crippen LogP contribution >= 0.6 is 0 Å². The molecule has 8 heteroatoms. The first kappa shape index (κ1) is 13.5. The van der Waals surface area contributed by atoms with Crippen molar-refractivity contribution in [1.82, 2.24) is 15.0 Å². The lowest BCUT2D eigenvalue weighted by molar-refractivity contribution is 0.122. The minimum Gasteiger partial charge on any atom is -0.424 e. The highest BCUT2D eigenvalue weighted by molar-refractivity contribution is 5.39. The zero-order chi connectivity index (χ0) is 14.5. The number of para-hydroxylation sites is 1. The molecule has 0 spiro atoms. The third-order valence-electron chi connectivity index (χ3n) is 2.98. The molecule has 1 fully saturated rings. The Balaban J connectivity index is 1.85. The summed E-state index contributed by atoms with van der Waals surface area (Å²) in [7, 11) is 0. The van der Waals surface area contributed by atoms with Gasteiger partial charge < -0.3 is 14.4 Å². The van der Waals surface area contributed by atoms with Crippen LogP contribution in [-0.2, 0) is 4.74 Å². The maximum atomic E-state index is 5.64. The van der Waals surface area contributed by atoms with E-state index in [9.17, 15) is 0 Å². The van der Waals surface area contributed by atoms with Gasteiger partial charge in [0.15, 0.2) is 0 Å². The molecule has 1 aliphatic heterocycles. The number of ether oxygens (including phenoxy) is 2. The lowest BCUT2D eigenvalue weighted by Gasteiger charge is -2.26. The molecule has 21 heavy (non-hydrogen) atoms. The van der Waals surface area contributed by atoms with E-state index in [4.69, 9.17) is 15.3 Å². The predicted octanol–water partition coefficient (Wildman–Crippen LogP) is 0.786. The third-order valence-corrected chi connectivity index (χ3v) is 2.98. The van der Waals surface area contributed by atoms with Crippen LogP contribution in [0, 0.1) is 0 Å². The smallest absolute Gasteiger partial charge is 0.328 e. The second-order valence-electron chi connectivity index (χ2n) is 4.40. The van der Waals surface area contributed by atoms with Gasteiger partial charge in [0.25, 0.3) is 0 Å². The van der Waals surface area contributed by atoms with Crippen LogP contribution in [0.25, 0.3) is 0 Å². The second kappa shape index (κ2) is 6.33. The average molecular weight is 288 g/mol. The summed E-state index contributed by atoms with van der Waals surface area (Å²) in [6, 6.07) is 9.52. The van der Waals surface area contributed by atoms with Crippen molar-refractivity contribution in [2.45, 2.75) is 0 Å². The lowest BCUT2D eigenvalue weighted by Crippen LogP contribution is -2.37. The van der Waals surface area contributed by atoms with Gasteiger partial charge in [-0.25, -0.2) is 5.84 Å². The van der Waals surface area contributed by atoms with Gasteiger partial charge in [-0.05, 0) is 12.1 Å². The van der Waals surface area contributed by atoms with Crippen LogP contribution in [0.5, 0.6) is 11.8 Å². The van der Waals surface area contributed by atoms with Crippen LogP contribution in [0.4, 0.5) is 11.9 Å². The van der Waals surface area contributed by atoms with E-state index in [1.807, 2.05) is 35.2 Å². The molecule has 1 aromatic heterocycles. The fourth-order valence-corrected chi connectivity index (χ4v) is 1.95. The van der Waals surface area contributed by atoms with Gasteiger partial charge in [0.05, 0.1) is 13.2 Å². The van der Waals surface area contributed by atoms with Crippen LogP contribution in [0.2, 0.25) is 0 Å². The first-order chi connectivity index (χ1) is 10.3. The maximum absolute atomic E-state index is 5.64. The van der Waals surface area contributed by atoms with Crippen LogP contribution in [0.1, 0.15) is 0 Å². The Morgan fingerprint density at radius 3 is 2.57 bits per heavy atom. The number of rotatable bonds is 4. The molecule has 2 heterocycles. The zero-order valence-corrected chi connectivity index (χ0v) is 11.4. The number of aromatic nitrogens is 3. The topological polar surface area (TPSA) is 98.4 Å². The third kappa shape index (κ3) is 3.36. The Morgan fingerprint density at radius 1 is 1.10 bits per heavy atom. The molecule has 0 atom stereocenters. The fourth-order valence-electron chi connectivity index (χ4n) is 1.95. The monoisotopic (exact) mass is 288 g/mol. The second-order valence-corrected chi connectivity index (χ2v) is 4.40. The molecule has 0 radical (unpaired) electrons. The number of nitrogens with one attached hydrogen (secondary N) is 1. The Kier molecular flexibility index (Phi) is 4.08. The molecule has 2 aromatic rings. The highest BCUT2D eigenvalue weighted by Gasteiger charge is 2.17. The summed E-state index contributed by atoms with van der Waals surface area (Å²) in [6.45, 7) is 2.73. The molecule has 3 rings (SSSR count). The first-order valence-electron chi connectivity index (χ1n) is 6.63. The molecule has 1 aromatic carbocycles. The SMILES string of the molecule is NNc1nc(Oc2ccccc2)nc(N2CCOCC2)n1. The number of morpholine rings is 1. The van der Waals surface area contributed by atoms with E-state index in [2.05, 4.69) is 20.4 Å². The van der Waals surface area contributed by atoms with Gasteiger partial charge in [0.2, 0.25) is 11.9 Å². The number of hydrogen-bond donors (Lipinski definition) is 2. The van der Waals surface area contributed by atoms with Crippen molar-refractivity contribution in [2.24, 2.45) is 5.84 Å². The Morgan fingerprint density at radius 2 is 1.86 bits per heavy atom. The molecule has 8 nitrogen and oxygen atoms in total. The standard InChI is InChI=1S/C13H16N6O2/c14-18-11-15-12(19-6-8-20-9-7-19)17-13(16-11)21-10-4-2-1-3-5-10/h1-5H,6-9,14H2,(H,15,16,17,18). The maximum Gasteiger partial charge on any atom is 0.328 e. The number of nitrogens with two attached hydrogens (primary N) is 1. The molecule has 0 amide bonds. The van der Waals surface area contributed by atoms with Gasteiger partial charge >= 0.3 is 6.01 Å². The lowest BCUT2D eigenvalue weighted by atomic mass is 10.3. The van der Waals surface area contributed by atoms with E-state index in [0.29, 0.717) is 24.9 Å². The summed E-state index contributed by atoms with van der Waals surface area (Å²) in [6.07, 6.45) is 0. The van der Waals surface area contributed by atoms with E-state index in [-0.39, 0.29) is 12.0 Å². The largest absolute Gasteiger partial charge is 0.424 e. The number of hydrogen-bond acceptors (Lipinski definition) is 8. The molecule has 0 bridgehead atoms. The summed E-state index contributed by atoms with van der Waals surface area (Å²) in [4.78, 5) is 14.7. The van der Waals surface area contributed by atoms with Gasteiger partial charge in [0, 0.05) is 13.1 Å². The normalized spacial score (nSPS) is 14.8. The van der Waals surface area contributed by atoms with E-state index in [1.54, 1.807) is 0 Å². The highest BCUT2D eigenvalue weighted by Crippen LogP contribution is 2.21. The molecule has 0 saturated carbocycles. The van der Waals surface area contributed by atoms with Crippen molar-refractivity contribution < 1.29 is 9.47 Å². The summed E-state index contributed by atoms with van der Waals surface area (Å²) >= 11 is 0. The van der Waals surface area contributed by atoms with Crippen LogP contribution in [0.15, 0.2) is 30.3 Å². The molecule has 1 saturated heterocycles. The number of benzene rings is 1. The number of anilines is 2. The van der Waals surface area contributed by atoms with Crippen molar-refractivity contribution >= 4 is 11.9 Å². The average Bonchev–Trinajstić information content (AvgIpc) is 2.56. The predicted molar refractivity (Wildman–Crippen MR) is 77.2 cm³/mol. The molecular weight excluding hydrogens is 272 g/mol. The number of nitrogen functional groups attached to an aromatic ring is 1. The zero-order valence-electron chi connectivity index (χ0n) is 11.4. The summed E-state index contributed by atoms with van der Waals surface area (Å²) in [5.41, 5.74) is 2.43. The molecule has 110 valence electrons. The Hall–Kier alpha value is -2.45. The van der Waals surface area contributed by atoms with Gasteiger partial charge in [-0.1, -0.05) is 18.2 Å². The molecule has 3 N–H and O–H groups in total. The molecule has 0 unspecified atom stereocenters. The molecule has 1 aliphatic rings. The summed E-state index contributed by atoms with van der Waals surface area (Å²) in [5, 5.41) is 0. The minimum atomic E-state index is 0.200. The first-order valence-corrected chi connectivity index (χ1v) is 6.63. The van der Waals surface area contributed by atoms with E-state index < -0.39 is 0 Å². The molecular formula is C13H16N6O2. The van der Waals surface area contributed by atoms with Crippen molar-refractivity contribution in [3.8, 4) is 11.8 Å². The van der Waals surface area contributed by atoms with Crippen LogP contribution < -0.4 is 20.9 Å².